The molecule has 2 aromatic carbocycles. The summed E-state index contributed by atoms with van der Waals surface area (Å²) >= 11 is 0. The zero-order valence-electron chi connectivity index (χ0n) is 17.7. The van der Waals surface area contributed by atoms with Gasteiger partial charge in [-0.2, -0.15) is 0 Å². The van der Waals surface area contributed by atoms with Crippen LogP contribution in [0.4, 0.5) is 0 Å². The van der Waals surface area contributed by atoms with Gasteiger partial charge in [0, 0.05) is 20.1 Å². The molecule has 0 aliphatic rings. The summed E-state index contributed by atoms with van der Waals surface area (Å²) in [6.45, 7) is 1.14. The highest BCUT2D eigenvalue weighted by atomic mass is 16.5. The summed E-state index contributed by atoms with van der Waals surface area (Å²) in [5.74, 6) is 0.494. The molecule has 0 atom stereocenters. The van der Waals surface area contributed by atoms with Gasteiger partial charge < -0.3 is 19.7 Å². The second kappa shape index (κ2) is 10.2. The third kappa shape index (κ3) is 5.59. The first kappa shape index (κ1) is 21.8. The van der Waals surface area contributed by atoms with Gasteiger partial charge in [-0.05, 0) is 23.8 Å². The number of carbonyl (C=O) groups excluding carboxylic acids is 2. The number of nitrogens with zero attached hydrogens (tertiary/aromatic N) is 4. The summed E-state index contributed by atoms with van der Waals surface area (Å²) in [6.07, 6.45) is 1.57. The van der Waals surface area contributed by atoms with Crippen molar-refractivity contribution in [2.24, 2.45) is 0 Å². The molecule has 0 aliphatic heterocycles. The van der Waals surface area contributed by atoms with E-state index in [0.29, 0.717) is 36.7 Å². The fourth-order valence-corrected chi connectivity index (χ4v) is 3.00. The topological polar surface area (TPSA) is 98.6 Å². The number of carbonyl (C=O) groups is 2. The lowest BCUT2D eigenvalue weighted by Crippen LogP contribution is -2.28. The number of rotatable bonds is 9. The number of aromatic nitrogens is 3. The number of nitrogens with one attached hydrogen (secondary N) is 1. The maximum Gasteiger partial charge on any atom is 0.276 e. The summed E-state index contributed by atoms with van der Waals surface area (Å²) in [7, 11) is 4.75. The third-order valence-electron chi connectivity index (χ3n) is 4.64. The molecule has 0 saturated heterocycles. The van der Waals surface area contributed by atoms with Crippen LogP contribution in [-0.2, 0) is 13.1 Å². The Labute approximate surface area is 180 Å². The van der Waals surface area contributed by atoms with Crippen LogP contribution < -0.4 is 14.8 Å². The second-order valence-electron chi connectivity index (χ2n) is 6.84. The van der Waals surface area contributed by atoms with Crippen LogP contribution in [0, 0.1) is 0 Å². The maximum atomic E-state index is 12.6. The summed E-state index contributed by atoms with van der Waals surface area (Å²) in [5, 5.41) is 10.7. The minimum absolute atomic E-state index is 0.222. The van der Waals surface area contributed by atoms with Crippen molar-refractivity contribution < 1.29 is 19.1 Å². The molecule has 162 valence electrons. The van der Waals surface area contributed by atoms with E-state index in [1.165, 1.54) is 18.9 Å². The van der Waals surface area contributed by atoms with Crippen LogP contribution in [0.3, 0.4) is 0 Å². The molecule has 0 bridgehead atoms. The van der Waals surface area contributed by atoms with Crippen molar-refractivity contribution in [3.63, 3.8) is 0 Å². The average Bonchev–Trinajstić information content (AvgIpc) is 3.27. The minimum Gasteiger partial charge on any atom is -0.497 e. The second-order valence-corrected chi connectivity index (χ2v) is 6.84. The van der Waals surface area contributed by atoms with Gasteiger partial charge >= 0.3 is 0 Å². The quantitative estimate of drug-likeness (QED) is 0.565. The van der Waals surface area contributed by atoms with E-state index in [0.717, 1.165) is 5.56 Å². The Morgan fingerprint density at radius 2 is 1.87 bits per heavy atom. The smallest absolute Gasteiger partial charge is 0.276 e. The van der Waals surface area contributed by atoms with Gasteiger partial charge in [0.1, 0.15) is 11.5 Å². The number of amides is 2. The number of methoxy groups -OCH3 is 2. The largest absolute Gasteiger partial charge is 0.497 e. The molecule has 9 heteroatoms. The molecule has 9 nitrogen and oxygen atoms in total. The van der Waals surface area contributed by atoms with Gasteiger partial charge in [0.15, 0.2) is 5.69 Å². The molecule has 0 aliphatic carbocycles. The van der Waals surface area contributed by atoms with Crippen LogP contribution in [0.5, 0.6) is 11.5 Å². The highest BCUT2D eigenvalue weighted by Gasteiger charge is 2.17. The highest BCUT2D eigenvalue weighted by Crippen LogP contribution is 2.23. The standard InChI is InChI=1S/C22H25N5O4/c1-26(14-16-7-5-4-6-8-16)22(29)19-15-27(25-24-19)12-11-23-21(28)18-13-17(30-2)9-10-20(18)31-3/h4-10,13,15H,11-12,14H2,1-3H3,(H,23,28). The zero-order valence-corrected chi connectivity index (χ0v) is 17.7. The summed E-state index contributed by atoms with van der Waals surface area (Å²) < 4.78 is 11.9. The first-order valence-corrected chi connectivity index (χ1v) is 9.71. The fourth-order valence-electron chi connectivity index (χ4n) is 3.00. The van der Waals surface area contributed by atoms with E-state index in [1.807, 2.05) is 30.3 Å². The molecular formula is C22H25N5O4. The van der Waals surface area contributed by atoms with Crippen molar-refractivity contribution in [2.45, 2.75) is 13.1 Å². The highest BCUT2D eigenvalue weighted by molar-refractivity contribution is 5.97. The summed E-state index contributed by atoms with van der Waals surface area (Å²) in [5.41, 5.74) is 1.65. The van der Waals surface area contributed by atoms with Crippen LogP contribution in [0.25, 0.3) is 0 Å². The van der Waals surface area contributed by atoms with E-state index in [9.17, 15) is 9.59 Å². The van der Waals surface area contributed by atoms with Crippen molar-refractivity contribution in [1.82, 2.24) is 25.2 Å². The molecule has 0 fully saturated rings. The lowest BCUT2D eigenvalue weighted by atomic mass is 10.1. The first-order valence-electron chi connectivity index (χ1n) is 9.71. The lowest BCUT2D eigenvalue weighted by Gasteiger charge is -2.15. The number of hydrogen-bond acceptors (Lipinski definition) is 6. The van der Waals surface area contributed by atoms with Crippen LogP contribution in [0.2, 0.25) is 0 Å². The van der Waals surface area contributed by atoms with E-state index in [1.54, 1.807) is 36.3 Å². The van der Waals surface area contributed by atoms with Gasteiger partial charge in [0.05, 0.1) is 32.5 Å². The Morgan fingerprint density at radius 1 is 1.10 bits per heavy atom. The normalized spacial score (nSPS) is 10.4. The Morgan fingerprint density at radius 3 is 2.58 bits per heavy atom. The Balaban J connectivity index is 1.54. The van der Waals surface area contributed by atoms with E-state index in [-0.39, 0.29) is 17.5 Å². The van der Waals surface area contributed by atoms with Crippen LogP contribution in [-0.4, -0.2) is 59.5 Å². The summed E-state index contributed by atoms with van der Waals surface area (Å²) in [4.78, 5) is 26.7. The predicted molar refractivity (Wildman–Crippen MR) is 114 cm³/mol. The molecule has 3 aromatic rings. The van der Waals surface area contributed by atoms with Gasteiger partial charge in [-0.15, -0.1) is 5.10 Å². The number of hydrogen-bond donors (Lipinski definition) is 1. The molecule has 1 N–H and O–H groups in total. The maximum absolute atomic E-state index is 12.6. The van der Waals surface area contributed by atoms with Crippen molar-refractivity contribution in [2.75, 3.05) is 27.8 Å². The molecule has 2 amide bonds. The molecule has 1 heterocycles. The number of benzene rings is 2. The van der Waals surface area contributed by atoms with Crippen LogP contribution >= 0.6 is 0 Å². The van der Waals surface area contributed by atoms with Crippen LogP contribution in [0.15, 0.2) is 54.7 Å². The molecule has 0 spiro atoms. The van der Waals surface area contributed by atoms with E-state index >= 15 is 0 Å². The van der Waals surface area contributed by atoms with E-state index in [4.69, 9.17) is 9.47 Å². The Kier molecular flexibility index (Phi) is 7.21. The SMILES string of the molecule is COc1ccc(OC)c(C(=O)NCCn2cc(C(=O)N(C)Cc3ccccc3)nn2)c1. The molecule has 0 radical (unpaired) electrons. The number of ether oxygens (including phenoxy) is 2. The van der Waals surface area contributed by atoms with E-state index in [2.05, 4.69) is 15.6 Å². The lowest BCUT2D eigenvalue weighted by molar-refractivity contribution is 0.0778. The summed E-state index contributed by atoms with van der Waals surface area (Å²) in [6, 6.07) is 14.7. The Hall–Kier alpha value is -3.88. The molecule has 0 unspecified atom stereocenters. The molecular weight excluding hydrogens is 398 g/mol. The predicted octanol–water partition coefficient (Wildman–Crippen LogP) is 2.00. The molecule has 31 heavy (non-hydrogen) atoms. The zero-order chi connectivity index (χ0) is 22.2. The van der Waals surface area contributed by atoms with Gasteiger partial charge in [-0.25, -0.2) is 4.68 Å². The van der Waals surface area contributed by atoms with Gasteiger partial charge in [0.25, 0.3) is 11.8 Å². The molecule has 0 saturated carbocycles. The molecule has 1 aromatic heterocycles. The van der Waals surface area contributed by atoms with Gasteiger partial charge in [-0.1, -0.05) is 35.5 Å². The molecule has 3 rings (SSSR count). The van der Waals surface area contributed by atoms with Crippen LogP contribution in [0.1, 0.15) is 26.4 Å². The van der Waals surface area contributed by atoms with Crippen molar-refractivity contribution in [1.29, 1.82) is 0 Å². The van der Waals surface area contributed by atoms with Gasteiger partial charge in [0.2, 0.25) is 0 Å². The van der Waals surface area contributed by atoms with E-state index < -0.39 is 0 Å². The monoisotopic (exact) mass is 423 g/mol. The third-order valence-corrected chi connectivity index (χ3v) is 4.64. The Bertz CT molecular complexity index is 1040. The van der Waals surface area contributed by atoms with Crippen molar-refractivity contribution >= 4 is 11.8 Å². The van der Waals surface area contributed by atoms with Gasteiger partial charge in [-0.3, -0.25) is 9.59 Å². The van der Waals surface area contributed by atoms with Crippen molar-refractivity contribution in [3.05, 3.63) is 71.5 Å². The average molecular weight is 423 g/mol. The first-order chi connectivity index (χ1) is 15.0. The minimum atomic E-state index is -0.297. The van der Waals surface area contributed by atoms with Crippen molar-refractivity contribution in [3.8, 4) is 11.5 Å². The fraction of sp³-hybridized carbons (Fsp3) is 0.273.